The van der Waals surface area contributed by atoms with Gasteiger partial charge in [0.1, 0.15) is 16.5 Å². The second-order valence-corrected chi connectivity index (χ2v) is 5.99. The van der Waals surface area contributed by atoms with Crippen LogP contribution in [-0.4, -0.2) is 19.5 Å². The number of sulfonamides is 1. The Hall–Kier alpha value is -2.19. The summed E-state index contributed by atoms with van der Waals surface area (Å²) >= 11 is 0. The van der Waals surface area contributed by atoms with Crippen molar-refractivity contribution in [3.05, 3.63) is 53.7 Å². The molecule has 0 bridgehead atoms. The van der Waals surface area contributed by atoms with Gasteiger partial charge in [-0.1, -0.05) is 0 Å². The monoisotopic (exact) mass is 313 g/mol. The Labute approximate surface area is 120 Å². The molecule has 6 nitrogen and oxygen atoms in total. The van der Waals surface area contributed by atoms with Crippen molar-refractivity contribution in [1.29, 1.82) is 0 Å². The highest BCUT2D eigenvalue weighted by atomic mass is 32.2. The van der Waals surface area contributed by atoms with Crippen LogP contribution in [0.2, 0.25) is 0 Å². The number of furan rings is 1. The summed E-state index contributed by atoms with van der Waals surface area (Å²) < 4.78 is 45.3. The van der Waals surface area contributed by atoms with E-state index in [4.69, 9.17) is 9.52 Å². The third kappa shape index (κ3) is 3.29. The summed E-state index contributed by atoms with van der Waals surface area (Å²) in [5, 5.41) is 8.73. The van der Waals surface area contributed by atoms with Crippen molar-refractivity contribution < 1.29 is 27.1 Å². The Morgan fingerprint density at radius 2 is 2.10 bits per heavy atom. The molecule has 1 aromatic carbocycles. The third-order valence-electron chi connectivity index (χ3n) is 2.77. The minimum Gasteiger partial charge on any atom is -0.478 e. The van der Waals surface area contributed by atoms with Crippen LogP contribution in [0.25, 0.3) is 0 Å². The van der Waals surface area contributed by atoms with Crippen molar-refractivity contribution in [1.82, 2.24) is 4.72 Å². The van der Waals surface area contributed by atoms with E-state index in [-0.39, 0.29) is 5.56 Å². The van der Waals surface area contributed by atoms with Crippen molar-refractivity contribution in [2.45, 2.75) is 17.9 Å². The molecule has 0 spiro atoms. The Bertz CT molecular complexity index is 755. The zero-order valence-electron chi connectivity index (χ0n) is 10.9. The van der Waals surface area contributed by atoms with Crippen LogP contribution in [0.15, 0.2) is 45.9 Å². The summed E-state index contributed by atoms with van der Waals surface area (Å²) in [5.41, 5.74) is -0.328. The molecule has 2 N–H and O–H groups in total. The molecule has 0 fully saturated rings. The fourth-order valence-corrected chi connectivity index (χ4v) is 3.02. The van der Waals surface area contributed by atoms with Crippen molar-refractivity contribution in [2.75, 3.05) is 0 Å². The number of carboxylic acids is 1. The number of aromatic carboxylic acids is 1. The standard InChI is InChI=1S/C13H12FNO5S/c1-8(11-3-2-6-20-11)15-21(18,19)12-5-4-9(13(16)17)7-10(12)14/h2-8,15H,1H3,(H,16,17)/t8-/m1/s1. The number of rotatable bonds is 5. The van der Waals surface area contributed by atoms with E-state index in [9.17, 15) is 17.6 Å². The van der Waals surface area contributed by atoms with Crippen LogP contribution < -0.4 is 4.72 Å². The molecule has 0 aliphatic carbocycles. The van der Waals surface area contributed by atoms with Crippen LogP contribution in [0.4, 0.5) is 4.39 Å². The highest BCUT2D eigenvalue weighted by molar-refractivity contribution is 7.89. The Morgan fingerprint density at radius 1 is 1.38 bits per heavy atom. The summed E-state index contributed by atoms with van der Waals surface area (Å²) in [4.78, 5) is 10.1. The van der Waals surface area contributed by atoms with Crippen LogP contribution in [0.3, 0.4) is 0 Å². The van der Waals surface area contributed by atoms with Gasteiger partial charge in [0.25, 0.3) is 0 Å². The molecule has 2 rings (SSSR count). The predicted molar refractivity (Wildman–Crippen MR) is 70.8 cm³/mol. The molecular formula is C13H12FNO5S. The van der Waals surface area contributed by atoms with Gasteiger partial charge in [-0.3, -0.25) is 0 Å². The fourth-order valence-electron chi connectivity index (χ4n) is 1.74. The number of carboxylic acid groups (broad SMARTS) is 1. The lowest BCUT2D eigenvalue weighted by molar-refractivity contribution is 0.0696. The molecule has 0 unspecified atom stereocenters. The van der Waals surface area contributed by atoms with Crippen LogP contribution in [0.5, 0.6) is 0 Å². The fraction of sp³-hybridized carbons (Fsp3) is 0.154. The second-order valence-electron chi connectivity index (χ2n) is 4.31. The van der Waals surface area contributed by atoms with Crippen molar-refractivity contribution in [2.24, 2.45) is 0 Å². The highest BCUT2D eigenvalue weighted by Crippen LogP contribution is 2.20. The van der Waals surface area contributed by atoms with Crippen LogP contribution in [0, 0.1) is 5.82 Å². The summed E-state index contributed by atoms with van der Waals surface area (Å²) in [6, 6.07) is 5.09. The molecule has 1 atom stereocenters. The van der Waals surface area contributed by atoms with Gasteiger partial charge in [0.15, 0.2) is 0 Å². The van der Waals surface area contributed by atoms with Gasteiger partial charge in [0.2, 0.25) is 10.0 Å². The molecule has 21 heavy (non-hydrogen) atoms. The van der Waals surface area contributed by atoms with Crippen LogP contribution >= 0.6 is 0 Å². The lowest BCUT2D eigenvalue weighted by Crippen LogP contribution is -2.27. The minimum absolute atomic E-state index is 0.328. The Balaban J connectivity index is 2.29. The molecule has 8 heteroatoms. The highest BCUT2D eigenvalue weighted by Gasteiger charge is 2.24. The van der Waals surface area contributed by atoms with E-state index in [2.05, 4.69) is 4.72 Å². The zero-order valence-corrected chi connectivity index (χ0v) is 11.7. The Kier molecular flexibility index (Phi) is 4.10. The van der Waals surface area contributed by atoms with E-state index in [1.165, 1.54) is 6.26 Å². The average molecular weight is 313 g/mol. The first kappa shape index (κ1) is 15.2. The predicted octanol–water partition coefficient (Wildman–Crippen LogP) is 2.16. The molecule has 0 radical (unpaired) electrons. The van der Waals surface area contributed by atoms with E-state index in [0.717, 1.165) is 12.1 Å². The average Bonchev–Trinajstić information content (AvgIpc) is 2.91. The Morgan fingerprint density at radius 3 is 2.62 bits per heavy atom. The second kappa shape index (κ2) is 5.66. The van der Waals surface area contributed by atoms with Crippen LogP contribution in [-0.2, 0) is 10.0 Å². The lowest BCUT2D eigenvalue weighted by atomic mass is 10.2. The van der Waals surface area contributed by atoms with E-state index in [1.807, 2.05) is 0 Å². The molecular weight excluding hydrogens is 301 g/mol. The van der Waals surface area contributed by atoms with Gasteiger partial charge in [-0.15, -0.1) is 0 Å². The summed E-state index contributed by atoms with van der Waals surface area (Å²) in [6.45, 7) is 1.54. The van der Waals surface area contributed by atoms with E-state index in [0.29, 0.717) is 11.8 Å². The minimum atomic E-state index is -4.14. The molecule has 1 heterocycles. The SMILES string of the molecule is C[C@@H](NS(=O)(=O)c1ccc(C(=O)O)cc1F)c1ccco1. The van der Waals surface area contributed by atoms with Gasteiger partial charge in [0.05, 0.1) is 17.9 Å². The van der Waals surface area contributed by atoms with Gasteiger partial charge >= 0.3 is 5.97 Å². The van der Waals surface area contributed by atoms with Gasteiger partial charge < -0.3 is 9.52 Å². The number of hydrogen-bond donors (Lipinski definition) is 2. The maximum absolute atomic E-state index is 13.8. The topological polar surface area (TPSA) is 96.6 Å². The third-order valence-corrected chi connectivity index (χ3v) is 4.34. The molecule has 112 valence electrons. The largest absolute Gasteiger partial charge is 0.478 e. The van der Waals surface area contributed by atoms with E-state index < -0.39 is 32.7 Å². The molecule has 0 saturated carbocycles. The smallest absolute Gasteiger partial charge is 0.335 e. The maximum atomic E-state index is 13.8. The number of nitrogens with one attached hydrogen (secondary N) is 1. The normalized spacial score (nSPS) is 13.0. The summed E-state index contributed by atoms with van der Waals surface area (Å²) in [7, 11) is -4.14. The molecule has 0 aliphatic rings. The molecule has 0 saturated heterocycles. The number of benzene rings is 1. The van der Waals surface area contributed by atoms with Crippen molar-refractivity contribution in [3.8, 4) is 0 Å². The van der Waals surface area contributed by atoms with Gasteiger partial charge in [-0.2, -0.15) is 0 Å². The molecule has 2 aromatic rings. The summed E-state index contributed by atoms with van der Waals surface area (Å²) in [6.07, 6.45) is 1.39. The van der Waals surface area contributed by atoms with Crippen molar-refractivity contribution >= 4 is 16.0 Å². The lowest BCUT2D eigenvalue weighted by Gasteiger charge is -2.12. The first-order chi connectivity index (χ1) is 9.81. The zero-order chi connectivity index (χ0) is 15.6. The number of halogens is 1. The van der Waals surface area contributed by atoms with E-state index in [1.54, 1.807) is 19.1 Å². The van der Waals surface area contributed by atoms with Crippen molar-refractivity contribution in [3.63, 3.8) is 0 Å². The van der Waals surface area contributed by atoms with Gasteiger partial charge in [-0.25, -0.2) is 22.3 Å². The summed E-state index contributed by atoms with van der Waals surface area (Å²) in [5.74, 6) is -2.09. The molecule has 0 amide bonds. The molecule has 1 aromatic heterocycles. The maximum Gasteiger partial charge on any atom is 0.335 e. The van der Waals surface area contributed by atoms with Gasteiger partial charge in [0, 0.05) is 0 Å². The first-order valence-electron chi connectivity index (χ1n) is 5.90. The number of hydrogen-bond acceptors (Lipinski definition) is 4. The van der Waals surface area contributed by atoms with E-state index >= 15 is 0 Å². The van der Waals surface area contributed by atoms with Crippen LogP contribution in [0.1, 0.15) is 29.1 Å². The first-order valence-corrected chi connectivity index (χ1v) is 7.38. The quantitative estimate of drug-likeness (QED) is 0.881. The number of carbonyl (C=O) groups is 1. The van der Waals surface area contributed by atoms with Gasteiger partial charge in [-0.05, 0) is 37.3 Å². The molecule has 0 aliphatic heterocycles.